The van der Waals surface area contributed by atoms with E-state index in [9.17, 15) is 14.4 Å². The van der Waals surface area contributed by atoms with Gasteiger partial charge in [-0.1, -0.05) is 54.6 Å². The average molecular weight is 471 g/mol. The minimum atomic E-state index is -0.529. The normalized spacial score (nSPS) is 11.3. The molecule has 0 amide bonds. The minimum absolute atomic E-state index is 0.261. The van der Waals surface area contributed by atoms with Crippen LogP contribution in [0, 0.1) is 0 Å². The van der Waals surface area contributed by atoms with Gasteiger partial charge in [0.15, 0.2) is 5.78 Å². The fourth-order valence-corrected chi connectivity index (χ4v) is 3.91. The number of carbonyl (C=O) groups is 1. The maximum Gasteiger partial charge on any atom is 0.331 e. The fraction of sp³-hybridized carbons (Fsp3) is 0.179. The molecule has 1 aromatic heterocycles. The number of rotatable bonds is 9. The average Bonchev–Trinajstić information content (AvgIpc) is 2.90. The van der Waals surface area contributed by atoms with Crippen LogP contribution < -0.4 is 16.0 Å². The van der Waals surface area contributed by atoms with Gasteiger partial charge in [-0.15, -0.1) is 0 Å². The van der Waals surface area contributed by atoms with Gasteiger partial charge < -0.3 is 9.84 Å². The Morgan fingerprint density at radius 1 is 0.914 bits per heavy atom. The summed E-state index contributed by atoms with van der Waals surface area (Å²) in [5.74, 6) is 0.379. The number of carbonyl (C=O) groups excluding carboxylic acids is 1. The first-order valence-electron chi connectivity index (χ1n) is 11.3. The molecule has 4 aromatic rings. The molecular formula is C28H26N2O5. The van der Waals surface area contributed by atoms with Crippen molar-refractivity contribution in [2.45, 2.75) is 19.5 Å². The van der Waals surface area contributed by atoms with Gasteiger partial charge in [0.05, 0.1) is 24.6 Å². The van der Waals surface area contributed by atoms with Crippen molar-refractivity contribution in [1.82, 2.24) is 9.13 Å². The third-order valence-electron chi connectivity index (χ3n) is 5.85. The molecule has 0 aliphatic rings. The lowest BCUT2D eigenvalue weighted by atomic mass is 10.1. The number of ether oxygens (including phenoxy) is 1. The molecule has 0 bridgehead atoms. The molecule has 4 rings (SSSR count). The van der Waals surface area contributed by atoms with Crippen LogP contribution in [0.2, 0.25) is 0 Å². The first-order valence-corrected chi connectivity index (χ1v) is 11.3. The van der Waals surface area contributed by atoms with Crippen LogP contribution in [0.15, 0.2) is 88.5 Å². The Hall–Kier alpha value is -4.23. The minimum Gasteiger partial charge on any atom is -0.497 e. The standard InChI is InChI=1S/C28H26N2O5/c1-35-24-14-11-21(12-15-24)16-17-29-27(33)25-4-2-3-5-26(25)30(28(29)34)18-22-8-6-20(7-9-22)10-13-23(32)19-31/h2-15,31H,16-19H2,1H3/b13-10+. The Morgan fingerprint density at radius 2 is 1.60 bits per heavy atom. The zero-order valence-electron chi connectivity index (χ0n) is 19.4. The van der Waals surface area contributed by atoms with Gasteiger partial charge in [0, 0.05) is 6.54 Å². The lowest BCUT2D eigenvalue weighted by Gasteiger charge is -2.14. The molecule has 0 aliphatic heterocycles. The van der Waals surface area contributed by atoms with Crippen LogP contribution in [0.3, 0.4) is 0 Å². The summed E-state index contributed by atoms with van der Waals surface area (Å²) in [4.78, 5) is 37.9. The number of aliphatic hydroxyl groups excluding tert-OH is 1. The Bertz CT molecular complexity index is 1480. The lowest BCUT2D eigenvalue weighted by molar-refractivity contribution is -0.117. The van der Waals surface area contributed by atoms with Crippen molar-refractivity contribution in [2.75, 3.05) is 13.7 Å². The van der Waals surface area contributed by atoms with Crippen LogP contribution in [0.4, 0.5) is 0 Å². The molecular weight excluding hydrogens is 444 g/mol. The molecule has 1 N–H and O–H groups in total. The zero-order chi connectivity index (χ0) is 24.8. The van der Waals surface area contributed by atoms with Crippen molar-refractivity contribution >= 4 is 22.8 Å². The number of benzene rings is 3. The molecule has 0 saturated carbocycles. The summed E-state index contributed by atoms with van der Waals surface area (Å²) in [6.07, 6.45) is 3.49. The predicted molar refractivity (Wildman–Crippen MR) is 136 cm³/mol. The van der Waals surface area contributed by atoms with Crippen LogP contribution >= 0.6 is 0 Å². The summed E-state index contributed by atoms with van der Waals surface area (Å²) >= 11 is 0. The Labute approximate surface area is 202 Å². The molecule has 0 unspecified atom stereocenters. The number of hydrogen-bond donors (Lipinski definition) is 1. The quantitative estimate of drug-likeness (QED) is 0.380. The third kappa shape index (κ3) is 5.47. The second-order valence-electron chi connectivity index (χ2n) is 8.14. The van der Waals surface area contributed by atoms with Gasteiger partial charge in [0.1, 0.15) is 12.4 Å². The number of hydrogen-bond acceptors (Lipinski definition) is 5. The molecule has 1 heterocycles. The maximum absolute atomic E-state index is 13.4. The fourth-order valence-electron chi connectivity index (χ4n) is 3.91. The van der Waals surface area contributed by atoms with E-state index < -0.39 is 6.61 Å². The van der Waals surface area contributed by atoms with E-state index in [1.807, 2.05) is 54.6 Å². The van der Waals surface area contributed by atoms with E-state index in [2.05, 4.69) is 0 Å². The number of fused-ring (bicyclic) bond motifs is 1. The van der Waals surface area contributed by atoms with E-state index in [1.54, 1.807) is 36.0 Å². The molecule has 35 heavy (non-hydrogen) atoms. The van der Waals surface area contributed by atoms with Gasteiger partial charge in [-0.05, 0) is 53.5 Å². The molecule has 0 atom stereocenters. The first-order chi connectivity index (χ1) is 17.0. The Balaban J connectivity index is 1.65. The van der Waals surface area contributed by atoms with Crippen LogP contribution in [-0.4, -0.2) is 33.7 Å². The first kappa shape index (κ1) is 23.9. The number of ketones is 1. The second-order valence-corrected chi connectivity index (χ2v) is 8.14. The largest absolute Gasteiger partial charge is 0.497 e. The second kappa shape index (κ2) is 10.8. The number of aryl methyl sites for hydroxylation is 1. The molecule has 0 saturated heterocycles. The van der Waals surface area contributed by atoms with Gasteiger partial charge in [-0.25, -0.2) is 4.79 Å². The van der Waals surface area contributed by atoms with E-state index in [1.165, 1.54) is 10.6 Å². The van der Waals surface area contributed by atoms with Gasteiger partial charge in [-0.2, -0.15) is 0 Å². The Morgan fingerprint density at radius 3 is 2.29 bits per heavy atom. The van der Waals surface area contributed by atoms with Gasteiger partial charge in [0.2, 0.25) is 0 Å². The van der Waals surface area contributed by atoms with Gasteiger partial charge >= 0.3 is 5.69 Å². The molecule has 178 valence electrons. The Kier molecular flexibility index (Phi) is 7.38. The predicted octanol–water partition coefficient (Wildman–Crippen LogP) is 3.04. The maximum atomic E-state index is 13.4. The lowest BCUT2D eigenvalue weighted by Crippen LogP contribution is -2.40. The monoisotopic (exact) mass is 470 g/mol. The molecule has 0 radical (unpaired) electrons. The van der Waals surface area contributed by atoms with E-state index in [-0.39, 0.29) is 23.6 Å². The molecule has 0 aliphatic carbocycles. The van der Waals surface area contributed by atoms with E-state index in [0.717, 1.165) is 22.4 Å². The van der Waals surface area contributed by atoms with Crippen LogP contribution in [-0.2, 0) is 24.3 Å². The molecule has 0 spiro atoms. The zero-order valence-corrected chi connectivity index (χ0v) is 19.4. The highest BCUT2D eigenvalue weighted by Gasteiger charge is 2.13. The van der Waals surface area contributed by atoms with Crippen LogP contribution in [0.1, 0.15) is 16.7 Å². The summed E-state index contributed by atoms with van der Waals surface area (Å²) in [5, 5.41) is 9.33. The van der Waals surface area contributed by atoms with Crippen molar-refractivity contribution in [1.29, 1.82) is 0 Å². The van der Waals surface area contributed by atoms with Crippen LogP contribution in [0.25, 0.3) is 17.0 Å². The topological polar surface area (TPSA) is 90.5 Å². The number of para-hydroxylation sites is 1. The summed E-state index contributed by atoms with van der Waals surface area (Å²) in [6.45, 7) is 0.0257. The molecule has 3 aromatic carbocycles. The van der Waals surface area contributed by atoms with Gasteiger partial charge in [0.25, 0.3) is 5.56 Å². The smallest absolute Gasteiger partial charge is 0.331 e. The molecule has 7 heteroatoms. The number of aromatic nitrogens is 2. The van der Waals surface area contributed by atoms with Crippen molar-refractivity contribution in [3.05, 3.63) is 116 Å². The number of methoxy groups -OCH3 is 1. The van der Waals surface area contributed by atoms with Crippen molar-refractivity contribution < 1.29 is 14.6 Å². The highest BCUT2D eigenvalue weighted by molar-refractivity contribution is 5.94. The van der Waals surface area contributed by atoms with E-state index in [0.29, 0.717) is 23.9 Å². The van der Waals surface area contributed by atoms with Crippen LogP contribution in [0.5, 0.6) is 5.75 Å². The van der Waals surface area contributed by atoms with E-state index in [4.69, 9.17) is 9.84 Å². The number of nitrogens with zero attached hydrogens (tertiary/aromatic N) is 2. The van der Waals surface area contributed by atoms with Crippen molar-refractivity contribution in [3.63, 3.8) is 0 Å². The van der Waals surface area contributed by atoms with Gasteiger partial charge in [-0.3, -0.25) is 18.7 Å². The highest BCUT2D eigenvalue weighted by atomic mass is 16.5. The molecule has 0 fully saturated rings. The van der Waals surface area contributed by atoms with Crippen molar-refractivity contribution in [3.8, 4) is 5.75 Å². The summed E-state index contributed by atoms with van der Waals surface area (Å²) in [7, 11) is 1.61. The third-order valence-corrected chi connectivity index (χ3v) is 5.85. The summed E-state index contributed by atoms with van der Waals surface area (Å²) in [6, 6.07) is 22.1. The van der Waals surface area contributed by atoms with E-state index >= 15 is 0 Å². The number of aliphatic hydroxyl groups is 1. The summed E-state index contributed by atoms with van der Waals surface area (Å²) < 4.78 is 8.10. The highest BCUT2D eigenvalue weighted by Crippen LogP contribution is 2.14. The van der Waals surface area contributed by atoms with Crippen molar-refractivity contribution in [2.24, 2.45) is 0 Å². The summed E-state index contributed by atoms with van der Waals surface area (Å²) in [5.41, 5.74) is 2.60. The molecule has 7 nitrogen and oxygen atoms in total. The SMILES string of the molecule is COc1ccc(CCn2c(=O)c3ccccc3n(Cc3ccc(/C=C/C(=O)CO)cc3)c2=O)cc1.